The van der Waals surface area contributed by atoms with E-state index in [1.165, 1.54) is 17.4 Å². The second-order valence-electron chi connectivity index (χ2n) is 12.4. The van der Waals surface area contributed by atoms with Crippen molar-refractivity contribution in [3.63, 3.8) is 0 Å². The molecule has 2 unspecified atom stereocenters. The lowest BCUT2D eigenvalue weighted by Crippen LogP contribution is -2.34. The first-order valence-electron chi connectivity index (χ1n) is 16.9. The molecule has 2 atom stereocenters. The maximum absolute atomic E-state index is 15.3. The van der Waals surface area contributed by atoms with Crippen LogP contribution in [-0.4, -0.2) is 41.3 Å². The van der Waals surface area contributed by atoms with Crippen molar-refractivity contribution >= 4 is 28.8 Å². The van der Waals surface area contributed by atoms with Crippen LogP contribution in [-0.2, 0) is 9.59 Å². The predicted octanol–water partition coefficient (Wildman–Crippen LogP) is 9.84. The Labute approximate surface area is 268 Å². The number of hydrogen-bond acceptors (Lipinski definition) is 4. The fourth-order valence-corrected chi connectivity index (χ4v) is 7.39. The summed E-state index contributed by atoms with van der Waals surface area (Å²) in [5.41, 5.74) is 3.04. The normalized spacial score (nSPS) is 16.4. The third kappa shape index (κ3) is 7.30. The predicted molar refractivity (Wildman–Crippen MR) is 180 cm³/mol. The summed E-state index contributed by atoms with van der Waals surface area (Å²) in [6, 6.07) is 8.88. The molecule has 0 aliphatic carbocycles. The molecule has 7 heteroatoms. The number of unbranched alkanes of at least 4 members (excludes halogenated alkanes) is 3. The number of halogens is 1. The Balaban J connectivity index is 1.72. The number of hydrogen-bond donors (Lipinski definition) is 0. The molecule has 0 radical (unpaired) electrons. The highest BCUT2D eigenvalue weighted by molar-refractivity contribution is 7.16. The Bertz CT molecular complexity index is 1380. The van der Waals surface area contributed by atoms with Crippen molar-refractivity contribution in [3.8, 4) is 16.2 Å². The zero-order chi connectivity index (χ0) is 31.8. The van der Waals surface area contributed by atoms with Crippen LogP contribution in [0.2, 0.25) is 0 Å². The van der Waals surface area contributed by atoms with Crippen molar-refractivity contribution < 1.29 is 18.7 Å². The van der Waals surface area contributed by atoms with Gasteiger partial charge in [-0.1, -0.05) is 79.6 Å². The molecule has 0 fully saturated rings. The minimum Gasteiger partial charge on any atom is -0.493 e. The summed E-state index contributed by atoms with van der Waals surface area (Å²) < 4.78 is 21.0. The van der Waals surface area contributed by atoms with E-state index in [0.29, 0.717) is 59.7 Å². The standard InChI is InChI=1S/C37H51FN2O3S/c1-7-12-15-26(10-4)23-39-25(6)33-34(37(39)42)35(40(36(33)41)24-27(11-5)16-13-8-2)32-20-19-31(44-32)29-18-17-28(22-30(29)38)43-21-14-9-3/h17-20,22,26-27H,7-16,21,23-24H2,1-6H3. The number of allylic oxidation sites excluding steroid dienone is 1. The summed E-state index contributed by atoms with van der Waals surface area (Å²) >= 11 is 1.44. The Hall–Kier alpha value is -2.93. The van der Waals surface area contributed by atoms with E-state index in [0.717, 1.165) is 79.7 Å². The van der Waals surface area contributed by atoms with Gasteiger partial charge in [-0.15, -0.1) is 11.3 Å². The molecular weight excluding hydrogens is 571 g/mol. The lowest BCUT2D eigenvalue weighted by Gasteiger charge is -2.28. The van der Waals surface area contributed by atoms with Crippen molar-refractivity contribution in [2.75, 3.05) is 19.7 Å². The smallest absolute Gasteiger partial charge is 0.261 e. The number of ether oxygens (including phenoxy) is 1. The van der Waals surface area contributed by atoms with Crippen molar-refractivity contribution in [1.29, 1.82) is 0 Å². The van der Waals surface area contributed by atoms with Gasteiger partial charge in [-0.05, 0) is 62.3 Å². The average Bonchev–Trinajstić information content (AvgIpc) is 3.67. The van der Waals surface area contributed by atoms with Gasteiger partial charge < -0.3 is 14.5 Å². The molecule has 240 valence electrons. The highest BCUT2D eigenvalue weighted by atomic mass is 32.1. The maximum atomic E-state index is 15.3. The molecule has 1 aromatic carbocycles. The van der Waals surface area contributed by atoms with Crippen LogP contribution in [0.25, 0.3) is 16.1 Å². The van der Waals surface area contributed by atoms with Crippen molar-refractivity contribution in [2.45, 2.75) is 106 Å². The monoisotopic (exact) mass is 622 g/mol. The molecule has 2 aliphatic heterocycles. The summed E-state index contributed by atoms with van der Waals surface area (Å²) in [6.07, 6.45) is 10.5. The van der Waals surface area contributed by atoms with Gasteiger partial charge in [0.25, 0.3) is 11.8 Å². The van der Waals surface area contributed by atoms with Crippen LogP contribution < -0.4 is 4.74 Å². The van der Waals surface area contributed by atoms with Crippen LogP contribution >= 0.6 is 11.3 Å². The summed E-state index contributed by atoms with van der Waals surface area (Å²) in [7, 11) is 0. The molecule has 0 spiro atoms. The van der Waals surface area contributed by atoms with Crippen LogP contribution in [0.15, 0.2) is 47.2 Å². The fraction of sp³-hybridized carbons (Fsp3) is 0.568. The Morgan fingerprint density at radius 3 is 1.95 bits per heavy atom. The Morgan fingerprint density at radius 1 is 0.773 bits per heavy atom. The van der Waals surface area contributed by atoms with Gasteiger partial charge >= 0.3 is 0 Å². The van der Waals surface area contributed by atoms with E-state index >= 15 is 4.39 Å². The summed E-state index contributed by atoms with van der Waals surface area (Å²) in [4.78, 5) is 33.7. The third-order valence-electron chi connectivity index (χ3n) is 9.22. The van der Waals surface area contributed by atoms with E-state index in [1.54, 1.807) is 6.07 Å². The van der Waals surface area contributed by atoms with Crippen LogP contribution in [0.5, 0.6) is 5.75 Å². The molecule has 1 aromatic heterocycles. The van der Waals surface area contributed by atoms with Crippen LogP contribution in [0.1, 0.15) is 111 Å². The molecule has 2 aliphatic rings. The van der Waals surface area contributed by atoms with Gasteiger partial charge in [0.1, 0.15) is 11.6 Å². The van der Waals surface area contributed by atoms with Crippen molar-refractivity contribution in [1.82, 2.24) is 9.80 Å². The van der Waals surface area contributed by atoms with E-state index in [4.69, 9.17) is 4.74 Å². The SMILES string of the molecule is CCCCOc1ccc(-c2ccc(C3=C4C(=O)N(CC(CC)CCCC)C(C)=C4C(=O)N3CC(CC)CCCC)s2)c(F)c1. The van der Waals surface area contributed by atoms with E-state index in [-0.39, 0.29) is 17.6 Å². The number of amides is 2. The van der Waals surface area contributed by atoms with Gasteiger partial charge in [-0.25, -0.2) is 4.39 Å². The van der Waals surface area contributed by atoms with E-state index < -0.39 is 0 Å². The minimum absolute atomic E-state index is 0.0744. The number of benzene rings is 1. The fourth-order valence-electron chi connectivity index (χ4n) is 6.29. The molecule has 0 saturated carbocycles. The molecule has 5 nitrogen and oxygen atoms in total. The van der Waals surface area contributed by atoms with Gasteiger partial charge in [0.15, 0.2) is 0 Å². The minimum atomic E-state index is -0.341. The third-order valence-corrected chi connectivity index (χ3v) is 10.3. The van der Waals surface area contributed by atoms with Crippen molar-refractivity contribution in [3.05, 3.63) is 57.9 Å². The first kappa shape index (κ1) is 34.0. The molecule has 2 amide bonds. The number of carbonyl (C=O) groups is 2. The highest BCUT2D eigenvalue weighted by Gasteiger charge is 2.48. The zero-order valence-corrected chi connectivity index (χ0v) is 28.5. The topological polar surface area (TPSA) is 49.9 Å². The lowest BCUT2D eigenvalue weighted by molar-refractivity contribution is -0.124. The highest BCUT2D eigenvalue weighted by Crippen LogP contribution is 2.47. The molecule has 0 N–H and O–H groups in total. The molecule has 0 bridgehead atoms. The number of rotatable bonds is 18. The average molecular weight is 623 g/mol. The molecule has 3 heterocycles. The van der Waals surface area contributed by atoms with Gasteiger partial charge in [-0.3, -0.25) is 9.59 Å². The molecular formula is C37H51FN2O3S. The van der Waals surface area contributed by atoms with Crippen LogP contribution in [0.3, 0.4) is 0 Å². The number of nitrogens with zero attached hydrogens (tertiary/aromatic N) is 2. The van der Waals surface area contributed by atoms with Gasteiger partial charge in [0, 0.05) is 35.3 Å². The largest absolute Gasteiger partial charge is 0.493 e. The summed E-state index contributed by atoms with van der Waals surface area (Å²) in [5.74, 6) is 0.776. The number of thiophene rings is 1. The second-order valence-corrected chi connectivity index (χ2v) is 13.4. The first-order valence-corrected chi connectivity index (χ1v) is 17.7. The van der Waals surface area contributed by atoms with E-state index in [9.17, 15) is 9.59 Å². The van der Waals surface area contributed by atoms with Crippen LogP contribution in [0, 0.1) is 17.7 Å². The maximum Gasteiger partial charge on any atom is 0.261 e. The lowest BCUT2D eigenvalue weighted by atomic mass is 9.98. The molecule has 4 rings (SSSR count). The van der Waals surface area contributed by atoms with E-state index in [1.807, 2.05) is 34.9 Å². The van der Waals surface area contributed by atoms with Gasteiger partial charge in [0.2, 0.25) is 0 Å². The van der Waals surface area contributed by atoms with Gasteiger partial charge in [-0.2, -0.15) is 0 Å². The molecule has 0 saturated heterocycles. The second kappa shape index (κ2) is 15.9. The Morgan fingerprint density at radius 2 is 1.36 bits per heavy atom. The van der Waals surface area contributed by atoms with Gasteiger partial charge in [0.05, 0.1) is 28.3 Å². The van der Waals surface area contributed by atoms with Crippen molar-refractivity contribution in [2.24, 2.45) is 11.8 Å². The first-order chi connectivity index (χ1) is 21.3. The zero-order valence-electron chi connectivity index (χ0n) is 27.6. The number of carbonyl (C=O) groups excluding carboxylic acids is 2. The quantitative estimate of drug-likeness (QED) is 0.156. The summed E-state index contributed by atoms with van der Waals surface area (Å²) in [6.45, 7) is 14.5. The molecule has 44 heavy (non-hydrogen) atoms. The van der Waals surface area contributed by atoms with E-state index in [2.05, 4.69) is 34.6 Å². The van der Waals surface area contributed by atoms with Crippen LogP contribution in [0.4, 0.5) is 4.39 Å². The molecule has 2 aromatic rings. The number of fused-ring (bicyclic) bond motifs is 1. The Kier molecular flexibility index (Phi) is 12.3. The summed E-state index contributed by atoms with van der Waals surface area (Å²) in [5, 5.41) is 0.